The Morgan fingerprint density at radius 3 is 2.39 bits per heavy atom. The summed E-state index contributed by atoms with van der Waals surface area (Å²) in [6.07, 6.45) is 4.25. The minimum Gasteiger partial charge on any atom is -0.484 e. The van der Waals surface area contributed by atoms with Crippen molar-refractivity contribution in [1.82, 2.24) is 10.2 Å². The van der Waals surface area contributed by atoms with Crippen molar-refractivity contribution < 1.29 is 14.3 Å². The molecule has 0 saturated heterocycles. The van der Waals surface area contributed by atoms with E-state index < -0.39 is 6.04 Å². The Balaban J connectivity index is 1.70. The van der Waals surface area contributed by atoms with E-state index in [2.05, 4.69) is 26.1 Å². The molecular weight excluding hydrogens is 436 g/mol. The summed E-state index contributed by atoms with van der Waals surface area (Å²) < 4.78 is 5.79. The van der Waals surface area contributed by atoms with E-state index in [1.54, 1.807) is 17.9 Å². The zero-order valence-corrected chi connectivity index (χ0v) is 20.8. The van der Waals surface area contributed by atoms with Crippen LogP contribution in [0.5, 0.6) is 5.75 Å². The molecule has 1 atom stereocenters. The number of nitrogens with zero attached hydrogens (tertiary/aromatic N) is 1. The van der Waals surface area contributed by atoms with Gasteiger partial charge in [0.25, 0.3) is 5.91 Å². The minimum absolute atomic E-state index is 0.0459. The summed E-state index contributed by atoms with van der Waals surface area (Å²) in [6.45, 7) is 8.36. The van der Waals surface area contributed by atoms with Crippen LogP contribution in [0.15, 0.2) is 48.5 Å². The van der Waals surface area contributed by atoms with Crippen LogP contribution >= 0.6 is 11.6 Å². The number of amides is 2. The molecule has 2 amide bonds. The molecule has 0 radical (unpaired) electrons. The highest BCUT2D eigenvalue weighted by Crippen LogP contribution is 2.24. The van der Waals surface area contributed by atoms with Crippen LogP contribution in [0.4, 0.5) is 0 Å². The lowest BCUT2D eigenvalue weighted by Gasteiger charge is -2.29. The van der Waals surface area contributed by atoms with Crippen molar-refractivity contribution >= 4 is 23.4 Å². The number of rotatable bonds is 8. The number of carbonyl (C=O) groups excluding carboxylic acids is 2. The summed E-state index contributed by atoms with van der Waals surface area (Å²) in [4.78, 5) is 27.7. The molecule has 2 aromatic carbocycles. The zero-order chi connectivity index (χ0) is 24.0. The Morgan fingerprint density at radius 2 is 1.79 bits per heavy atom. The predicted octanol–water partition coefficient (Wildman–Crippen LogP) is 5.49. The molecule has 1 N–H and O–H groups in total. The van der Waals surface area contributed by atoms with E-state index in [1.165, 1.54) is 5.56 Å². The number of nitrogens with one attached hydrogen (secondary N) is 1. The third kappa shape index (κ3) is 7.23. The van der Waals surface area contributed by atoms with Gasteiger partial charge in [0.1, 0.15) is 11.8 Å². The van der Waals surface area contributed by atoms with Crippen molar-refractivity contribution in [1.29, 1.82) is 0 Å². The standard InChI is InChI=1S/C27H35ClN2O3/c1-19(26(32)29-23-10-5-6-11-23)30(17-20-8-7-9-22(28)16-20)25(31)18-33-24-14-12-21(13-15-24)27(2,3)4/h7-9,12-16,19,23H,5-6,10-11,17-18H2,1-4H3,(H,29,32). The molecule has 0 spiro atoms. The summed E-state index contributed by atoms with van der Waals surface area (Å²) in [5, 5.41) is 3.70. The molecule has 6 heteroatoms. The van der Waals surface area contributed by atoms with E-state index in [0.717, 1.165) is 31.2 Å². The zero-order valence-electron chi connectivity index (χ0n) is 20.1. The highest BCUT2D eigenvalue weighted by atomic mass is 35.5. The van der Waals surface area contributed by atoms with Gasteiger partial charge in [-0.2, -0.15) is 0 Å². The van der Waals surface area contributed by atoms with E-state index in [-0.39, 0.29) is 36.4 Å². The van der Waals surface area contributed by atoms with Crippen molar-refractivity contribution in [2.24, 2.45) is 0 Å². The van der Waals surface area contributed by atoms with Gasteiger partial charge in [0.15, 0.2) is 6.61 Å². The molecule has 0 heterocycles. The van der Waals surface area contributed by atoms with Crippen molar-refractivity contribution in [3.05, 3.63) is 64.7 Å². The van der Waals surface area contributed by atoms with Gasteiger partial charge in [0.05, 0.1) is 0 Å². The largest absolute Gasteiger partial charge is 0.484 e. The Hall–Kier alpha value is -2.53. The molecule has 5 nitrogen and oxygen atoms in total. The third-order valence-corrected chi connectivity index (χ3v) is 6.43. The smallest absolute Gasteiger partial charge is 0.261 e. The fourth-order valence-corrected chi connectivity index (χ4v) is 4.30. The first kappa shape index (κ1) is 25.1. The van der Waals surface area contributed by atoms with Crippen LogP contribution in [0.3, 0.4) is 0 Å². The lowest BCUT2D eigenvalue weighted by Crippen LogP contribution is -2.50. The number of hydrogen-bond acceptors (Lipinski definition) is 3. The Morgan fingerprint density at radius 1 is 1.12 bits per heavy atom. The number of hydrogen-bond donors (Lipinski definition) is 1. The number of ether oxygens (including phenoxy) is 1. The van der Waals surface area contributed by atoms with E-state index in [1.807, 2.05) is 42.5 Å². The van der Waals surface area contributed by atoms with Crippen LogP contribution in [-0.2, 0) is 21.5 Å². The molecule has 1 saturated carbocycles. The summed E-state index contributed by atoms with van der Waals surface area (Å²) >= 11 is 6.14. The van der Waals surface area contributed by atoms with Crippen LogP contribution in [0.25, 0.3) is 0 Å². The maximum atomic E-state index is 13.2. The second-order valence-corrected chi connectivity index (χ2v) is 10.3. The SMILES string of the molecule is CC(C(=O)NC1CCCC1)N(Cc1cccc(Cl)c1)C(=O)COc1ccc(C(C)(C)C)cc1. The third-order valence-electron chi connectivity index (χ3n) is 6.19. The predicted molar refractivity (Wildman–Crippen MR) is 132 cm³/mol. The first-order valence-corrected chi connectivity index (χ1v) is 12.1. The molecule has 0 bridgehead atoms. The summed E-state index contributed by atoms with van der Waals surface area (Å²) in [6, 6.07) is 14.7. The first-order valence-electron chi connectivity index (χ1n) is 11.7. The first-order chi connectivity index (χ1) is 15.6. The molecule has 2 aromatic rings. The maximum Gasteiger partial charge on any atom is 0.261 e. The second-order valence-electron chi connectivity index (χ2n) is 9.88. The number of carbonyl (C=O) groups is 2. The summed E-state index contributed by atoms with van der Waals surface area (Å²) in [5.74, 6) is 0.248. The molecule has 178 valence electrons. The van der Waals surface area contributed by atoms with E-state index in [0.29, 0.717) is 10.8 Å². The molecule has 1 aliphatic carbocycles. The molecule has 0 aliphatic heterocycles. The fraction of sp³-hybridized carbons (Fsp3) is 0.481. The minimum atomic E-state index is -0.621. The molecule has 1 fully saturated rings. The average Bonchev–Trinajstić information content (AvgIpc) is 3.28. The van der Waals surface area contributed by atoms with Crippen LogP contribution in [-0.4, -0.2) is 35.4 Å². The highest BCUT2D eigenvalue weighted by Gasteiger charge is 2.28. The van der Waals surface area contributed by atoms with Gasteiger partial charge in [0, 0.05) is 17.6 Å². The van der Waals surface area contributed by atoms with Crippen LogP contribution in [0, 0.1) is 0 Å². The van der Waals surface area contributed by atoms with Crippen LogP contribution in [0.1, 0.15) is 64.5 Å². The van der Waals surface area contributed by atoms with Crippen molar-refractivity contribution in [3.8, 4) is 5.75 Å². The molecule has 1 aliphatic rings. The van der Waals surface area contributed by atoms with Gasteiger partial charge in [-0.1, -0.05) is 69.5 Å². The molecular formula is C27H35ClN2O3. The van der Waals surface area contributed by atoms with Crippen LogP contribution in [0.2, 0.25) is 5.02 Å². The Kier molecular flexibility index (Phi) is 8.41. The van der Waals surface area contributed by atoms with E-state index >= 15 is 0 Å². The maximum absolute atomic E-state index is 13.2. The van der Waals surface area contributed by atoms with Gasteiger partial charge in [-0.05, 0) is 60.6 Å². The Bertz CT molecular complexity index is 947. The topological polar surface area (TPSA) is 58.6 Å². The quantitative estimate of drug-likeness (QED) is 0.554. The van der Waals surface area contributed by atoms with Crippen molar-refractivity contribution in [2.75, 3.05) is 6.61 Å². The van der Waals surface area contributed by atoms with Crippen molar-refractivity contribution in [3.63, 3.8) is 0 Å². The average molecular weight is 471 g/mol. The molecule has 3 rings (SSSR count). The summed E-state index contributed by atoms with van der Waals surface area (Å²) in [5.41, 5.74) is 2.11. The highest BCUT2D eigenvalue weighted by molar-refractivity contribution is 6.30. The van der Waals surface area contributed by atoms with Gasteiger partial charge in [-0.25, -0.2) is 0 Å². The van der Waals surface area contributed by atoms with Gasteiger partial charge in [0.2, 0.25) is 5.91 Å². The molecule has 33 heavy (non-hydrogen) atoms. The van der Waals surface area contributed by atoms with Crippen molar-refractivity contribution in [2.45, 2.75) is 77.4 Å². The lowest BCUT2D eigenvalue weighted by atomic mass is 9.87. The van der Waals surface area contributed by atoms with E-state index in [4.69, 9.17) is 16.3 Å². The summed E-state index contributed by atoms with van der Waals surface area (Å²) in [7, 11) is 0. The molecule has 1 unspecified atom stereocenters. The Labute approximate surface area is 202 Å². The van der Waals surface area contributed by atoms with Gasteiger partial charge in [-0.15, -0.1) is 0 Å². The fourth-order valence-electron chi connectivity index (χ4n) is 4.09. The van der Waals surface area contributed by atoms with Gasteiger partial charge < -0.3 is 15.0 Å². The van der Waals surface area contributed by atoms with Gasteiger partial charge >= 0.3 is 0 Å². The normalized spacial score (nSPS) is 15.2. The van der Waals surface area contributed by atoms with E-state index in [9.17, 15) is 9.59 Å². The second kappa shape index (κ2) is 11.1. The molecule has 0 aromatic heterocycles. The lowest BCUT2D eigenvalue weighted by molar-refractivity contribution is -0.142. The number of benzene rings is 2. The monoisotopic (exact) mass is 470 g/mol. The number of halogens is 1. The van der Waals surface area contributed by atoms with Gasteiger partial charge in [-0.3, -0.25) is 9.59 Å². The van der Waals surface area contributed by atoms with Crippen LogP contribution < -0.4 is 10.1 Å².